The van der Waals surface area contributed by atoms with Gasteiger partial charge in [-0.1, -0.05) is 33.6 Å². The highest BCUT2D eigenvalue weighted by Gasteiger charge is 2.20. The largest absolute Gasteiger partial charge is 0.478 e. The lowest BCUT2D eigenvalue weighted by molar-refractivity contribution is 0.290. The fourth-order valence-corrected chi connectivity index (χ4v) is 2.22. The van der Waals surface area contributed by atoms with Gasteiger partial charge in [-0.05, 0) is 42.9 Å². The zero-order chi connectivity index (χ0) is 14.4. The molecule has 1 aromatic rings. The van der Waals surface area contributed by atoms with Gasteiger partial charge < -0.3 is 10.1 Å². The number of nitrogens with zero attached hydrogens (tertiary/aromatic N) is 1. The summed E-state index contributed by atoms with van der Waals surface area (Å²) in [5, 5.41) is 3.48. The standard InChI is InChI=1S/C17H28N2O/c1-4-16-9-15(12-18-11-13(2)3)10-17(19-16)20-8-7-14-5-6-14/h9-10,13-14,18H,4-8,11-12H2,1-3H3. The molecule has 3 heteroatoms. The van der Waals surface area contributed by atoms with Crippen LogP contribution in [0.4, 0.5) is 0 Å². The van der Waals surface area contributed by atoms with E-state index in [-0.39, 0.29) is 0 Å². The quantitative estimate of drug-likeness (QED) is 0.748. The zero-order valence-electron chi connectivity index (χ0n) is 13.1. The van der Waals surface area contributed by atoms with E-state index in [0.29, 0.717) is 5.92 Å². The van der Waals surface area contributed by atoms with Gasteiger partial charge in [0.2, 0.25) is 5.88 Å². The molecule has 112 valence electrons. The molecule has 0 aliphatic heterocycles. The number of pyridine rings is 1. The molecule has 0 bridgehead atoms. The molecule has 1 fully saturated rings. The second kappa shape index (κ2) is 7.63. The number of aryl methyl sites for hydroxylation is 1. The van der Waals surface area contributed by atoms with Gasteiger partial charge in [0.05, 0.1) is 6.61 Å². The monoisotopic (exact) mass is 276 g/mol. The smallest absolute Gasteiger partial charge is 0.213 e. The lowest BCUT2D eigenvalue weighted by Gasteiger charge is -2.11. The van der Waals surface area contributed by atoms with E-state index in [1.54, 1.807) is 0 Å². The van der Waals surface area contributed by atoms with Gasteiger partial charge in [0.25, 0.3) is 0 Å². The van der Waals surface area contributed by atoms with Gasteiger partial charge in [-0.2, -0.15) is 0 Å². The van der Waals surface area contributed by atoms with E-state index in [0.717, 1.165) is 43.6 Å². The molecule has 1 aliphatic carbocycles. The molecule has 0 spiro atoms. The van der Waals surface area contributed by atoms with Gasteiger partial charge in [0.1, 0.15) is 0 Å². The summed E-state index contributed by atoms with van der Waals surface area (Å²) in [5.41, 5.74) is 2.40. The molecule has 20 heavy (non-hydrogen) atoms. The van der Waals surface area contributed by atoms with E-state index >= 15 is 0 Å². The molecule has 1 N–H and O–H groups in total. The number of aromatic nitrogens is 1. The van der Waals surface area contributed by atoms with Crippen molar-refractivity contribution in [2.24, 2.45) is 11.8 Å². The zero-order valence-corrected chi connectivity index (χ0v) is 13.1. The molecule has 0 amide bonds. The SMILES string of the molecule is CCc1cc(CNCC(C)C)cc(OCCC2CC2)n1. The van der Waals surface area contributed by atoms with Gasteiger partial charge in [-0.25, -0.2) is 4.98 Å². The summed E-state index contributed by atoms with van der Waals surface area (Å²) >= 11 is 0. The molecule has 1 aromatic heterocycles. The van der Waals surface area contributed by atoms with E-state index in [1.807, 2.05) is 0 Å². The van der Waals surface area contributed by atoms with Crippen molar-refractivity contribution in [1.29, 1.82) is 0 Å². The minimum Gasteiger partial charge on any atom is -0.478 e. The van der Waals surface area contributed by atoms with Crippen LogP contribution in [0.2, 0.25) is 0 Å². The first-order chi connectivity index (χ1) is 9.67. The summed E-state index contributed by atoms with van der Waals surface area (Å²) < 4.78 is 5.83. The minimum absolute atomic E-state index is 0.678. The highest BCUT2D eigenvalue weighted by molar-refractivity contribution is 5.25. The lowest BCUT2D eigenvalue weighted by Crippen LogP contribution is -2.19. The highest BCUT2D eigenvalue weighted by Crippen LogP contribution is 2.32. The molecule has 0 aromatic carbocycles. The third-order valence-corrected chi connectivity index (χ3v) is 3.63. The van der Waals surface area contributed by atoms with E-state index < -0.39 is 0 Å². The van der Waals surface area contributed by atoms with Crippen molar-refractivity contribution in [3.63, 3.8) is 0 Å². The van der Waals surface area contributed by atoms with Crippen LogP contribution in [0.3, 0.4) is 0 Å². The molecule has 2 rings (SSSR count). The van der Waals surface area contributed by atoms with E-state index in [9.17, 15) is 0 Å². The van der Waals surface area contributed by atoms with Crippen LogP contribution in [0.25, 0.3) is 0 Å². The maximum absolute atomic E-state index is 5.83. The Morgan fingerprint density at radius 1 is 1.35 bits per heavy atom. The summed E-state index contributed by atoms with van der Waals surface area (Å²) in [6.07, 6.45) is 4.91. The van der Waals surface area contributed by atoms with Gasteiger partial charge in [0, 0.05) is 18.3 Å². The van der Waals surface area contributed by atoms with Gasteiger partial charge in [-0.3, -0.25) is 0 Å². The van der Waals surface area contributed by atoms with Gasteiger partial charge in [0.15, 0.2) is 0 Å². The van der Waals surface area contributed by atoms with Crippen LogP contribution in [0, 0.1) is 11.8 Å². The van der Waals surface area contributed by atoms with Crippen LogP contribution in [0.5, 0.6) is 5.88 Å². The molecule has 1 aliphatic rings. The predicted molar refractivity (Wildman–Crippen MR) is 83.0 cm³/mol. The minimum atomic E-state index is 0.678. The Morgan fingerprint density at radius 2 is 2.15 bits per heavy atom. The maximum atomic E-state index is 5.83. The van der Waals surface area contributed by atoms with Gasteiger partial charge in [-0.15, -0.1) is 0 Å². The molecule has 1 saturated carbocycles. The highest BCUT2D eigenvalue weighted by atomic mass is 16.5. The van der Waals surface area contributed by atoms with Crippen LogP contribution in [-0.4, -0.2) is 18.1 Å². The van der Waals surface area contributed by atoms with Crippen LogP contribution in [-0.2, 0) is 13.0 Å². The van der Waals surface area contributed by atoms with Gasteiger partial charge >= 0.3 is 0 Å². The Balaban J connectivity index is 1.88. The Hall–Kier alpha value is -1.09. The fraction of sp³-hybridized carbons (Fsp3) is 0.706. The predicted octanol–water partition coefficient (Wildman–Crippen LogP) is 3.57. The van der Waals surface area contributed by atoms with E-state index in [1.165, 1.54) is 24.8 Å². The molecular formula is C17H28N2O. The van der Waals surface area contributed by atoms with Crippen LogP contribution in [0.1, 0.15) is 51.3 Å². The Morgan fingerprint density at radius 3 is 2.80 bits per heavy atom. The molecular weight excluding hydrogens is 248 g/mol. The molecule has 0 unspecified atom stereocenters. The van der Waals surface area contributed by atoms with Crippen molar-refractivity contribution in [3.8, 4) is 5.88 Å². The lowest BCUT2D eigenvalue weighted by atomic mass is 10.2. The average molecular weight is 276 g/mol. The topological polar surface area (TPSA) is 34.1 Å². The molecule has 3 nitrogen and oxygen atoms in total. The fourth-order valence-electron chi connectivity index (χ4n) is 2.22. The van der Waals surface area contributed by atoms with Crippen LogP contribution in [0.15, 0.2) is 12.1 Å². The normalized spacial score (nSPS) is 14.8. The molecule has 0 saturated heterocycles. The maximum Gasteiger partial charge on any atom is 0.213 e. The number of hydrogen-bond acceptors (Lipinski definition) is 3. The van der Waals surface area contributed by atoms with Crippen molar-refractivity contribution >= 4 is 0 Å². The molecule has 1 heterocycles. The van der Waals surface area contributed by atoms with E-state index in [2.05, 4.69) is 43.2 Å². The van der Waals surface area contributed by atoms with Crippen LogP contribution >= 0.6 is 0 Å². The summed E-state index contributed by atoms with van der Waals surface area (Å²) in [6.45, 7) is 9.34. The molecule has 0 radical (unpaired) electrons. The Kier molecular flexibility index (Phi) is 5.84. The summed E-state index contributed by atoms with van der Waals surface area (Å²) in [5.74, 6) is 2.39. The third-order valence-electron chi connectivity index (χ3n) is 3.63. The molecule has 0 atom stereocenters. The van der Waals surface area contributed by atoms with Crippen molar-refractivity contribution in [2.45, 2.75) is 53.0 Å². The second-order valence-corrected chi connectivity index (χ2v) is 6.26. The average Bonchev–Trinajstić information content (AvgIpc) is 3.22. The first-order valence-corrected chi connectivity index (χ1v) is 8.00. The first kappa shape index (κ1) is 15.3. The Bertz CT molecular complexity index is 387. The van der Waals surface area contributed by atoms with Crippen molar-refractivity contribution in [3.05, 3.63) is 23.4 Å². The van der Waals surface area contributed by atoms with Crippen LogP contribution < -0.4 is 10.1 Å². The summed E-state index contributed by atoms with van der Waals surface area (Å²) in [6, 6.07) is 4.26. The van der Waals surface area contributed by atoms with Crippen molar-refractivity contribution in [2.75, 3.05) is 13.2 Å². The number of ether oxygens (including phenoxy) is 1. The van der Waals surface area contributed by atoms with Crippen molar-refractivity contribution < 1.29 is 4.74 Å². The van der Waals surface area contributed by atoms with E-state index in [4.69, 9.17) is 4.74 Å². The number of nitrogens with one attached hydrogen (secondary N) is 1. The number of rotatable bonds is 9. The van der Waals surface area contributed by atoms with Crippen molar-refractivity contribution in [1.82, 2.24) is 10.3 Å². The first-order valence-electron chi connectivity index (χ1n) is 8.00. The Labute approximate surface area is 123 Å². The third kappa shape index (κ3) is 5.49. The second-order valence-electron chi connectivity index (χ2n) is 6.26. The summed E-state index contributed by atoms with van der Waals surface area (Å²) in [7, 11) is 0. The number of hydrogen-bond donors (Lipinski definition) is 1. The summed E-state index contributed by atoms with van der Waals surface area (Å²) in [4.78, 5) is 4.56.